The number of esters is 2. The van der Waals surface area contributed by atoms with E-state index in [0.29, 0.717) is 17.4 Å². The predicted octanol–water partition coefficient (Wildman–Crippen LogP) is 21.8. The van der Waals surface area contributed by atoms with Crippen LogP contribution in [0.3, 0.4) is 0 Å². The molecule has 0 radical (unpaired) electrons. The van der Waals surface area contributed by atoms with E-state index in [1.165, 1.54) is 212 Å². The molecule has 0 saturated heterocycles. The summed E-state index contributed by atoms with van der Waals surface area (Å²) in [7, 11) is 1.18. The summed E-state index contributed by atoms with van der Waals surface area (Å²) in [6, 6.07) is 0. The highest BCUT2D eigenvalue weighted by Gasteiger charge is 2.22. The fourth-order valence-electron chi connectivity index (χ4n) is 9.92. The third kappa shape index (κ3) is 66.6. The first kappa shape index (κ1) is 79.5. The molecule has 0 aliphatic heterocycles. The van der Waals surface area contributed by atoms with Crippen molar-refractivity contribution in [3.05, 3.63) is 72.9 Å². The normalized spacial score (nSPS) is 13.6. The van der Waals surface area contributed by atoms with Gasteiger partial charge in [-0.25, -0.2) is 0 Å². The van der Waals surface area contributed by atoms with Gasteiger partial charge in [0.15, 0.2) is 6.10 Å². The minimum absolute atomic E-state index is 0.0304. The molecule has 0 rings (SSSR count). The molecule has 0 spiro atoms. The number of unbranched alkanes of at least 4 members (excludes halogenated alkanes) is 38. The lowest BCUT2D eigenvalue weighted by atomic mass is 10.0. The molecule has 478 valence electrons. The first-order chi connectivity index (χ1) is 40.0. The second kappa shape index (κ2) is 63.0. The van der Waals surface area contributed by atoms with E-state index in [2.05, 4.69) is 86.8 Å². The SMILES string of the molecule is CC/C=C\C/C=C\C/C=C\C/C=C\C/C=C\CCCCCCCCCCCCCCCCCCCCCCCCCCCC(=O)OC(COC(=O)CCCCCCCCC/C=C\CCCCCCCC)COP(=O)([O-])OCC[N+](C)(C)C. The van der Waals surface area contributed by atoms with Gasteiger partial charge in [-0.3, -0.25) is 14.2 Å². The standard InChI is InChI=1S/C72H132NO8P/c1-6-8-10-12-14-16-18-20-22-24-25-26-27-28-29-30-31-32-33-34-35-36-37-38-39-40-41-42-43-44-45-46-47-49-51-53-55-57-59-61-63-65-72(75)81-70(69-80-82(76,77)79-67-66-73(3,4)5)68-78-71(74)64-62-60-58-56-54-52-50-48-23-21-19-17-15-13-11-9-7-2/h8,10,14,16,20-23,25-26,28-29,70H,6-7,9,11-13,15,17-19,24,27,30-69H2,1-5H3/b10-8-,16-14-,22-20-,23-21-,26-25-,29-28-. The maximum absolute atomic E-state index is 12.8. The van der Waals surface area contributed by atoms with E-state index in [0.717, 1.165) is 77.0 Å². The molecule has 0 aromatic carbocycles. The molecular formula is C72H132NO8P. The van der Waals surface area contributed by atoms with Crippen molar-refractivity contribution < 1.29 is 42.1 Å². The number of carbonyl (C=O) groups excluding carboxylic acids is 2. The lowest BCUT2D eigenvalue weighted by molar-refractivity contribution is -0.870. The van der Waals surface area contributed by atoms with Crippen LogP contribution in [0.4, 0.5) is 0 Å². The Morgan fingerprint density at radius 2 is 0.695 bits per heavy atom. The van der Waals surface area contributed by atoms with Crippen LogP contribution in [0.2, 0.25) is 0 Å². The molecule has 9 nitrogen and oxygen atoms in total. The molecule has 2 unspecified atom stereocenters. The third-order valence-electron chi connectivity index (χ3n) is 15.2. The molecular weight excluding hydrogens is 1040 g/mol. The van der Waals surface area contributed by atoms with Crippen molar-refractivity contribution in [2.45, 2.75) is 328 Å². The highest BCUT2D eigenvalue weighted by molar-refractivity contribution is 7.45. The van der Waals surface area contributed by atoms with Crippen molar-refractivity contribution >= 4 is 19.8 Å². The fourth-order valence-corrected chi connectivity index (χ4v) is 10.6. The number of hydrogen-bond donors (Lipinski definition) is 0. The molecule has 0 N–H and O–H groups in total. The van der Waals surface area contributed by atoms with Gasteiger partial charge in [-0.2, -0.15) is 0 Å². The maximum Gasteiger partial charge on any atom is 0.306 e. The number of hydrogen-bond acceptors (Lipinski definition) is 8. The van der Waals surface area contributed by atoms with Crippen LogP contribution in [0, 0.1) is 0 Å². The van der Waals surface area contributed by atoms with Crippen LogP contribution in [-0.2, 0) is 32.7 Å². The van der Waals surface area contributed by atoms with Crippen LogP contribution in [-0.4, -0.2) is 70.0 Å². The molecule has 0 amide bonds. The van der Waals surface area contributed by atoms with Crippen LogP contribution < -0.4 is 4.89 Å². The van der Waals surface area contributed by atoms with Crippen LogP contribution >= 0.6 is 7.82 Å². The number of phosphoric acid groups is 1. The Kier molecular flexibility index (Phi) is 61.0. The van der Waals surface area contributed by atoms with Gasteiger partial charge >= 0.3 is 11.9 Å². The van der Waals surface area contributed by atoms with E-state index >= 15 is 0 Å². The van der Waals surface area contributed by atoms with Crippen molar-refractivity contribution in [2.24, 2.45) is 0 Å². The van der Waals surface area contributed by atoms with Crippen LogP contribution in [0.25, 0.3) is 0 Å². The van der Waals surface area contributed by atoms with Gasteiger partial charge in [-0.1, -0.05) is 299 Å². The molecule has 0 aliphatic carbocycles. The van der Waals surface area contributed by atoms with Gasteiger partial charge in [0.25, 0.3) is 7.82 Å². The smallest absolute Gasteiger partial charge is 0.306 e. The van der Waals surface area contributed by atoms with E-state index < -0.39 is 26.5 Å². The van der Waals surface area contributed by atoms with Crippen LogP contribution in [0.1, 0.15) is 322 Å². The number of rotatable bonds is 64. The predicted molar refractivity (Wildman–Crippen MR) is 351 cm³/mol. The Labute approximate surface area is 508 Å². The Morgan fingerprint density at radius 3 is 1.05 bits per heavy atom. The highest BCUT2D eigenvalue weighted by atomic mass is 31.2. The average molecular weight is 1170 g/mol. The Bertz CT molecular complexity index is 1610. The summed E-state index contributed by atoms with van der Waals surface area (Å²) in [5.74, 6) is -0.824. The number of carbonyl (C=O) groups is 2. The van der Waals surface area contributed by atoms with Crippen LogP contribution in [0.5, 0.6) is 0 Å². The Balaban J connectivity index is 3.90. The highest BCUT2D eigenvalue weighted by Crippen LogP contribution is 2.38. The fraction of sp³-hybridized carbons (Fsp3) is 0.806. The average Bonchev–Trinajstić information content (AvgIpc) is 3.45. The molecule has 82 heavy (non-hydrogen) atoms. The van der Waals surface area contributed by atoms with E-state index in [4.69, 9.17) is 18.5 Å². The minimum atomic E-state index is -4.64. The monoisotopic (exact) mass is 1170 g/mol. The number of phosphoric ester groups is 1. The van der Waals surface area contributed by atoms with Crippen molar-refractivity contribution in [1.29, 1.82) is 0 Å². The van der Waals surface area contributed by atoms with Gasteiger partial charge in [-0.15, -0.1) is 0 Å². The zero-order valence-corrected chi connectivity index (χ0v) is 55.3. The topological polar surface area (TPSA) is 111 Å². The van der Waals surface area contributed by atoms with Crippen molar-refractivity contribution in [3.8, 4) is 0 Å². The number of quaternary nitrogens is 1. The zero-order valence-electron chi connectivity index (χ0n) is 54.4. The molecule has 2 atom stereocenters. The molecule has 0 aromatic rings. The molecule has 0 bridgehead atoms. The zero-order chi connectivity index (χ0) is 59.8. The molecule has 0 saturated carbocycles. The molecule has 0 aromatic heterocycles. The van der Waals surface area contributed by atoms with E-state index in [-0.39, 0.29) is 32.0 Å². The van der Waals surface area contributed by atoms with Crippen LogP contribution in [0.15, 0.2) is 72.9 Å². The lowest BCUT2D eigenvalue weighted by Gasteiger charge is -2.28. The van der Waals surface area contributed by atoms with Crippen molar-refractivity contribution in [1.82, 2.24) is 0 Å². The number of likely N-dealkylation sites (N-methyl/N-ethyl adjacent to an activating group) is 1. The number of allylic oxidation sites excluding steroid dienone is 12. The third-order valence-corrected chi connectivity index (χ3v) is 16.2. The van der Waals surface area contributed by atoms with E-state index in [9.17, 15) is 19.0 Å². The van der Waals surface area contributed by atoms with Gasteiger partial charge in [0.05, 0.1) is 27.7 Å². The maximum atomic E-state index is 12.8. The first-order valence-electron chi connectivity index (χ1n) is 34.6. The van der Waals surface area contributed by atoms with Gasteiger partial charge in [0.2, 0.25) is 0 Å². The second-order valence-electron chi connectivity index (χ2n) is 24.5. The minimum Gasteiger partial charge on any atom is -0.756 e. The van der Waals surface area contributed by atoms with Gasteiger partial charge in [0, 0.05) is 12.8 Å². The van der Waals surface area contributed by atoms with Gasteiger partial charge in [0.1, 0.15) is 19.8 Å². The Morgan fingerprint density at radius 1 is 0.390 bits per heavy atom. The summed E-state index contributed by atoms with van der Waals surface area (Å²) in [6.07, 6.45) is 84.3. The number of ether oxygens (including phenoxy) is 2. The largest absolute Gasteiger partial charge is 0.756 e. The van der Waals surface area contributed by atoms with E-state index in [1.807, 2.05) is 21.1 Å². The number of nitrogens with zero attached hydrogens (tertiary/aromatic N) is 1. The molecule has 0 fully saturated rings. The van der Waals surface area contributed by atoms with Crippen molar-refractivity contribution in [2.75, 3.05) is 47.5 Å². The van der Waals surface area contributed by atoms with E-state index in [1.54, 1.807) is 0 Å². The second-order valence-corrected chi connectivity index (χ2v) is 25.9. The quantitative estimate of drug-likeness (QED) is 0.0195. The van der Waals surface area contributed by atoms with Gasteiger partial charge in [-0.05, 0) is 83.5 Å². The molecule has 0 aliphatic rings. The van der Waals surface area contributed by atoms with Crippen molar-refractivity contribution in [3.63, 3.8) is 0 Å². The summed E-state index contributed by atoms with van der Waals surface area (Å²) in [4.78, 5) is 38.0. The lowest BCUT2D eigenvalue weighted by Crippen LogP contribution is -2.37. The summed E-state index contributed by atoms with van der Waals surface area (Å²) in [5.41, 5.74) is 0. The summed E-state index contributed by atoms with van der Waals surface area (Å²) in [6.45, 7) is 4.16. The summed E-state index contributed by atoms with van der Waals surface area (Å²) >= 11 is 0. The summed E-state index contributed by atoms with van der Waals surface area (Å²) < 4.78 is 34.2. The molecule has 10 heteroatoms. The summed E-state index contributed by atoms with van der Waals surface area (Å²) in [5, 5.41) is 0. The molecule has 0 heterocycles. The van der Waals surface area contributed by atoms with Gasteiger partial charge < -0.3 is 27.9 Å². The Hall–Kier alpha value is -2.55. The first-order valence-corrected chi connectivity index (χ1v) is 36.1.